The zero-order valence-corrected chi connectivity index (χ0v) is 8.44. The topological polar surface area (TPSA) is 24.4 Å². The maximum Gasteiger partial charge on any atom is 0.129 e. The van der Waals surface area contributed by atoms with Crippen LogP contribution in [0.1, 0.15) is 5.56 Å². The summed E-state index contributed by atoms with van der Waals surface area (Å²) in [6.45, 7) is 1.65. The molecule has 1 aliphatic rings. The molecule has 1 aromatic carbocycles. The second-order valence-electron chi connectivity index (χ2n) is 2.78. The molecule has 0 atom stereocenters. The molecule has 2 rings (SSSR count). The fraction of sp³-hybridized carbons (Fsp3) is 0.222. The molecule has 0 radical (unpaired) electrons. The molecule has 0 aliphatic carbocycles. The van der Waals surface area contributed by atoms with Crippen molar-refractivity contribution >= 4 is 21.8 Å². The Morgan fingerprint density at radius 3 is 2.92 bits per heavy atom. The van der Waals surface area contributed by atoms with Crippen LogP contribution < -0.4 is 5.32 Å². The van der Waals surface area contributed by atoms with Crippen molar-refractivity contribution in [3.8, 4) is 0 Å². The Labute approximate surface area is 84.0 Å². The van der Waals surface area contributed by atoms with Crippen LogP contribution in [0.2, 0.25) is 0 Å². The summed E-state index contributed by atoms with van der Waals surface area (Å²) in [5.41, 5.74) is 0.916. The van der Waals surface area contributed by atoms with Gasteiger partial charge in [-0.05, 0) is 34.1 Å². The van der Waals surface area contributed by atoms with Crippen LogP contribution >= 0.6 is 15.9 Å². The van der Waals surface area contributed by atoms with Gasteiger partial charge < -0.3 is 5.32 Å². The molecule has 0 spiro atoms. The highest BCUT2D eigenvalue weighted by Gasteiger charge is 2.11. The lowest BCUT2D eigenvalue weighted by atomic mass is 10.2. The fourth-order valence-electron chi connectivity index (χ4n) is 1.26. The largest absolute Gasteiger partial charge is 0.368 e. The predicted molar refractivity (Wildman–Crippen MR) is 53.5 cm³/mol. The number of aliphatic imine (C=N–C) groups is 1. The molecule has 13 heavy (non-hydrogen) atoms. The van der Waals surface area contributed by atoms with Gasteiger partial charge in [-0.15, -0.1) is 0 Å². The van der Waals surface area contributed by atoms with Gasteiger partial charge in [-0.2, -0.15) is 0 Å². The molecule has 4 heteroatoms. The average molecular weight is 243 g/mol. The van der Waals surface area contributed by atoms with Crippen LogP contribution in [0.25, 0.3) is 0 Å². The first kappa shape index (κ1) is 8.69. The molecule has 0 amide bonds. The number of nitrogens with one attached hydrogen (secondary N) is 1. The maximum absolute atomic E-state index is 12.7. The van der Waals surface area contributed by atoms with E-state index in [4.69, 9.17) is 0 Å². The van der Waals surface area contributed by atoms with Crippen molar-refractivity contribution in [3.05, 3.63) is 34.1 Å². The summed E-state index contributed by atoms with van der Waals surface area (Å²) in [6.07, 6.45) is 0. The molecule has 0 fully saturated rings. The molecular formula is C9H8BrFN2. The zero-order valence-electron chi connectivity index (χ0n) is 6.85. The molecule has 1 heterocycles. The van der Waals surface area contributed by atoms with E-state index >= 15 is 0 Å². The third kappa shape index (κ3) is 1.72. The van der Waals surface area contributed by atoms with Gasteiger partial charge in [0.1, 0.15) is 11.7 Å². The van der Waals surface area contributed by atoms with Gasteiger partial charge in [0, 0.05) is 16.6 Å². The van der Waals surface area contributed by atoms with Crippen LogP contribution in [0.3, 0.4) is 0 Å². The number of hydrogen-bond donors (Lipinski definition) is 1. The summed E-state index contributed by atoms with van der Waals surface area (Å²) in [6, 6.07) is 4.59. The normalized spacial score (nSPS) is 15.4. The lowest BCUT2D eigenvalue weighted by Gasteiger charge is -2.04. The molecular weight excluding hydrogens is 235 g/mol. The van der Waals surface area contributed by atoms with Crippen molar-refractivity contribution < 1.29 is 4.39 Å². The summed E-state index contributed by atoms with van der Waals surface area (Å²) in [5.74, 6) is 0.598. The van der Waals surface area contributed by atoms with Crippen LogP contribution in [0.4, 0.5) is 4.39 Å². The van der Waals surface area contributed by atoms with E-state index < -0.39 is 0 Å². The van der Waals surface area contributed by atoms with Crippen LogP contribution in [-0.4, -0.2) is 18.9 Å². The Hall–Kier alpha value is -0.900. The second-order valence-corrected chi connectivity index (χ2v) is 3.64. The Bertz CT molecular complexity index is 363. The summed E-state index contributed by atoms with van der Waals surface area (Å²) < 4.78 is 13.5. The van der Waals surface area contributed by atoms with E-state index in [0.717, 1.165) is 29.0 Å². The maximum atomic E-state index is 12.7. The third-order valence-electron chi connectivity index (χ3n) is 1.86. The van der Waals surface area contributed by atoms with Gasteiger partial charge in [0.05, 0.1) is 6.54 Å². The minimum absolute atomic E-state index is 0.241. The highest BCUT2D eigenvalue weighted by atomic mass is 79.9. The molecule has 0 saturated carbocycles. The molecule has 1 aliphatic heterocycles. The van der Waals surface area contributed by atoms with E-state index in [0.29, 0.717) is 0 Å². The molecule has 0 unspecified atom stereocenters. The van der Waals surface area contributed by atoms with Crippen molar-refractivity contribution in [2.75, 3.05) is 13.1 Å². The number of rotatable bonds is 1. The summed E-state index contributed by atoms with van der Waals surface area (Å²) in [4.78, 5) is 4.25. The van der Waals surface area contributed by atoms with Crippen molar-refractivity contribution in [2.45, 2.75) is 0 Å². The standard InChI is InChI=1S/C9H8BrFN2/c10-8-5-6(11)1-2-7(8)9-12-3-4-13-9/h1-2,5H,3-4H2,(H,12,13). The molecule has 1 aromatic rings. The smallest absolute Gasteiger partial charge is 0.129 e. The molecule has 1 N–H and O–H groups in total. The lowest BCUT2D eigenvalue weighted by molar-refractivity contribution is 0.627. The van der Waals surface area contributed by atoms with Gasteiger partial charge in [-0.1, -0.05) is 0 Å². The zero-order chi connectivity index (χ0) is 9.26. The number of hydrogen-bond acceptors (Lipinski definition) is 2. The van der Waals surface area contributed by atoms with Crippen molar-refractivity contribution in [3.63, 3.8) is 0 Å². The molecule has 0 saturated heterocycles. The van der Waals surface area contributed by atoms with Gasteiger partial charge in [0.2, 0.25) is 0 Å². The second kappa shape index (κ2) is 3.46. The predicted octanol–water partition coefficient (Wildman–Crippen LogP) is 1.94. The van der Waals surface area contributed by atoms with E-state index in [1.807, 2.05) is 0 Å². The van der Waals surface area contributed by atoms with Crippen LogP contribution in [0, 0.1) is 5.82 Å². The summed E-state index contributed by atoms with van der Waals surface area (Å²) in [7, 11) is 0. The Kier molecular flexibility index (Phi) is 2.31. The minimum Gasteiger partial charge on any atom is -0.368 e. The number of benzene rings is 1. The van der Waals surface area contributed by atoms with E-state index in [9.17, 15) is 4.39 Å². The first-order valence-electron chi connectivity index (χ1n) is 4.01. The van der Waals surface area contributed by atoms with E-state index in [-0.39, 0.29) is 5.82 Å². The summed E-state index contributed by atoms with van der Waals surface area (Å²) in [5, 5.41) is 3.13. The lowest BCUT2D eigenvalue weighted by Crippen LogP contribution is -2.19. The van der Waals surface area contributed by atoms with Crippen molar-refractivity contribution in [1.29, 1.82) is 0 Å². The minimum atomic E-state index is -0.241. The number of halogens is 2. The number of amidine groups is 1. The fourth-order valence-corrected chi connectivity index (χ4v) is 1.80. The van der Waals surface area contributed by atoms with E-state index in [1.54, 1.807) is 6.07 Å². The van der Waals surface area contributed by atoms with Gasteiger partial charge in [-0.25, -0.2) is 4.39 Å². The monoisotopic (exact) mass is 242 g/mol. The molecule has 2 nitrogen and oxygen atoms in total. The first-order chi connectivity index (χ1) is 6.27. The quantitative estimate of drug-likeness (QED) is 0.800. The van der Waals surface area contributed by atoms with Crippen LogP contribution in [0.15, 0.2) is 27.7 Å². The van der Waals surface area contributed by atoms with Gasteiger partial charge in [0.15, 0.2) is 0 Å². The SMILES string of the molecule is Fc1ccc(C2=NCCN2)c(Br)c1. The van der Waals surface area contributed by atoms with Gasteiger partial charge >= 0.3 is 0 Å². The van der Waals surface area contributed by atoms with Crippen LogP contribution in [0.5, 0.6) is 0 Å². The van der Waals surface area contributed by atoms with Crippen molar-refractivity contribution in [2.24, 2.45) is 4.99 Å². The Balaban J connectivity index is 2.40. The van der Waals surface area contributed by atoms with E-state index in [1.165, 1.54) is 12.1 Å². The van der Waals surface area contributed by atoms with E-state index in [2.05, 4.69) is 26.2 Å². The molecule has 0 aromatic heterocycles. The highest BCUT2D eigenvalue weighted by Crippen LogP contribution is 2.18. The molecule has 68 valence electrons. The number of nitrogens with zero attached hydrogens (tertiary/aromatic N) is 1. The highest BCUT2D eigenvalue weighted by molar-refractivity contribution is 9.10. The third-order valence-corrected chi connectivity index (χ3v) is 2.52. The van der Waals surface area contributed by atoms with Gasteiger partial charge in [0.25, 0.3) is 0 Å². The van der Waals surface area contributed by atoms with Gasteiger partial charge in [-0.3, -0.25) is 4.99 Å². The molecule has 0 bridgehead atoms. The average Bonchev–Trinajstić information content (AvgIpc) is 2.56. The van der Waals surface area contributed by atoms with Crippen LogP contribution in [-0.2, 0) is 0 Å². The Morgan fingerprint density at radius 2 is 2.31 bits per heavy atom. The first-order valence-corrected chi connectivity index (χ1v) is 4.80. The Morgan fingerprint density at radius 1 is 1.46 bits per heavy atom. The summed E-state index contributed by atoms with van der Waals surface area (Å²) >= 11 is 3.30. The van der Waals surface area contributed by atoms with Crippen molar-refractivity contribution in [1.82, 2.24) is 5.32 Å².